The number of hydrogen-bond donors (Lipinski definition) is 0. The minimum Gasteiger partial charge on any atom is -0.445 e. The molecule has 4 rings (SSSR count). The number of aromatic nitrogens is 4. The molecule has 0 bridgehead atoms. The first-order valence-corrected chi connectivity index (χ1v) is 11.7. The number of ether oxygens (including phenoxy) is 1. The minimum atomic E-state index is -4.71. The fourth-order valence-corrected chi connectivity index (χ4v) is 3.77. The third kappa shape index (κ3) is 8.07. The molecule has 0 N–H and O–H groups in total. The number of hydrogen-bond acceptors (Lipinski definition) is 6. The first-order valence-electron chi connectivity index (χ1n) is 11.7. The van der Waals surface area contributed by atoms with Crippen LogP contribution in [0.15, 0.2) is 65.4 Å². The molecule has 0 spiro atoms. The normalized spacial score (nSPS) is 11.6. The molecule has 2 heterocycles. The lowest BCUT2D eigenvalue weighted by Crippen LogP contribution is -2.16. The highest BCUT2D eigenvalue weighted by Crippen LogP contribution is 2.23. The van der Waals surface area contributed by atoms with Gasteiger partial charge in [0, 0.05) is 12.5 Å². The summed E-state index contributed by atoms with van der Waals surface area (Å²) in [5.74, 6) is 0.139. The lowest BCUT2D eigenvalue weighted by atomic mass is 10.0. The lowest BCUT2D eigenvalue weighted by molar-refractivity contribution is -0.274. The van der Waals surface area contributed by atoms with Crippen molar-refractivity contribution >= 4 is 12.2 Å². The minimum absolute atomic E-state index is 0.220. The molecule has 0 saturated carbocycles. The van der Waals surface area contributed by atoms with Crippen molar-refractivity contribution in [3.05, 3.63) is 95.0 Å². The average Bonchev–Trinajstić information content (AvgIpc) is 3.51. The maximum atomic E-state index is 12.3. The maximum Gasteiger partial charge on any atom is 0.573 e. The zero-order valence-electron chi connectivity index (χ0n) is 19.9. The maximum absolute atomic E-state index is 12.3. The Bertz CT molecular complexity index is 1350. The molecule has 2 aromatic heterocycles. The number of nitriles is 1. The number of alkyl halides is 3. The van der Waals surface area contributed by atoms with Gasteiger partial charge in [-0.3, -0.25) is 0 Å². The van der Waals surface area contributed by atoms with E-state index in [1.165, 1.54) is 29.8 Å². The van der Waals surface area contributed by atoms with E-state index in [2.05, 4.69) is 50.4 Å². The zero-order chi connectivity index (χ0) is 26.1. The highest BCUT2D eigenvalue weighted by molar-refractivity contribution is 5.66. The Morgan fingerprint density at radius 3 is 2.43 bits per heavy atom. The molecule has 0 aliphatic rings. The summed E-state index contributed by atoms with van der Waals surface area (Å²) in [6.07, 6.45) is 6.40. The summed E-state index contributed by atoms with van der Waals surface area (Å²) < 4.78 is 47.8. The molecule has 37 heavy (non-hydrogen) atoms. The Labute approximate surface area is 211 Å². The van der Waals surface area contributed by atoms with Crippen LogP contribution in [0.2, 0.25) is 0 Å². The van der Waals surface area contributed by atoms with Crippen LogP contribution in [0.5, 0.6) is 5.75 Å². The van der Waals surface area contributed by atoms with E-state index < -0.39 is 6.36 Å². The summed E-state index contributed by atoms with van der Waals surface area (Å²) in [5, 5.41) is 16.6. The van der Waals surface area contributed by atoms with Gasteiger partial charge < -0.3 is 9.15 Å². The lowest BCUT2D eigenvalue weighted by Gasteiger charge is -2.08. The van der Waals surface area contributed by atoms with E-state index in [1.54, 1.807) is 29.3 Å². The molecule has 0 fully saturated rings. The second-order valence-corrected chi connectivity index (χ2v) is 8.37. The molecule has 0 aliphatic carbocycles. The van der Waals surface area contributed by atoms with Crippen LogP contribution >= 0.6 is 0 Å². The monoisotopic (exact) mass is 507 g/mol. The van der Waals surface area contributed by atoms with Gasteiger partial charge in [0.15, 0.2) is 0 Å². The average molecular weight is 508 g/mol. The van der Waals surface area contributed by atoms with Crippen molar-refractivity contribution < 1.29 is 22.3 Å². The third-order valence-corrected chi connectivity index (χ3v) is 5.58. The van der Waals surface area contributed by atoms with Crippen molar-refractivity contribution in [2.24, 2.45) is 0 Å². The zero-order valence-corrected chi connectivity index (χ0v) is 19.9. The molecule has 0 atom stereocenters. The fraction of sp³-hybridized carbons (Fsp3) is 0.259. The highest BCUT2D eigenvalue weighted by Gasteiger charge is 2.30. The summed E-state index contributed by atoms with van der Waals surface area (Å²) >= 11 is 0. The molecular formula is C27H24F3N5O2. The summed E-state index contributed by atoms with van der Waals surface area (Å²) in [4.78, 5) is 4.46. The SMILES string of the molecule is N#CCn1nncc1CCCCc1ccc(Cc2coc(/C=C/c3ccc(OC(F)(F)F)cc3)n2)cc1. The van der Waals surface area contributed by atoms with Crippen LogP contribution in [-0.2, 0) is 25.8 Å². The quantitative estimate of drug-likeness (QED) is 0.231. The van der Waals surface area contributed by atoms with E-state index in [0.29, 0.717) is 17.9 Å². The Balaban J connectivity index is 1.23. The smallest absolute Gasteiger partial charge is 0.445 e. The van der Waals surface area contributed by atoms with E-state index in [-0.39, 0.29) is 12.3 Å². The van der Waals surface area contributed by atoms with E-state index in [4.69, 9.17) is 9.68 Å². The van der Waals surface area contributed by atoms with Crippen molar-refractivity contribution in [2.75, 3.05) is 0 Å². The molecule has 10 heteroatoms. The molecule has 0 radical (unpaired) electrons. The van der Waals surface area contributed by atoms with Crippen molar-refractivity contribution in [1.82, 2.24) is 20.0 Å². The Morgan fingerprint density at radius 2 is 1.70 bits per heavy atom. The van der Waals surface area contributed by atoms with Crippen molar-refractivity contribution in [2.45, 2.75) is 45.0 Å². The first-order chi connectivity index (χ1) is 17.9. The van der Waals surface area contributed by atoms with E-state index in [1.807, 2.05) is 0 Å². The van der Waals surface area contributed by atoms with Crippen LogP contribution in [-0.4, -0.2) is 26.3 Å². The third-order valence-electron chi connectivity index (χ3n) is 5.58. The summed E-state index contributed by atoms with van der Waals surface area (Å²) in [5.41, 5.74) is 4.81. The standard InChI is InChI=1S/C27H24F3N5O2/c28-27(29,30)37-25-12-9-21(10-13-25)11-14-26-33-23(19-36-26)17-22-7-5-20(6-8-22)3-1-2-4-24-18-32-34-35(24)16-15-31/h5-14,18-19H,1-4,16-17H2/b14-11+. The number of rotatable bonds is 11. The van der Waals surface area contributed by atoms with Crippen LogP contribution in [0.4, 0.5) is 13.2 Å². The predicted molar refractivity (Wildman–Crippen MR) is 130 cm³/mol. The first kappa shape index (κ1) is 25.7. The van der Waals surface area contributed by atoms with Crippen LogP contribution in [0, 0.1) is 11.3 Å². The van der Waals surface area contributed by atoms with Crippen molar-refractivity contribution in [3.8, 4) is 11.8 Å². The fourth-order valence-electron chi connectivity index (χ4n) is 3.77. The number of nitrogens with zero attached hydrogens (tertiary/aromatic N) is 5. The van der Waals surface area contributed by atoms with Gasteiger partial charge in [0.1, 0.15) is 18.6 Å². The molecule has 7 nitrogen and oxygen atoms in total. The molecule has 190 valence electrons. The number of unbranched alkanes of at least 4 members (excludes halogenated alkanes) is 1. The topological polar surface area (TPSA) is 89.8 Å². The number of oxazole rings is 1. The molecule has 0 unspecified atom stereocenters. The highest BCUT2D eigenvalue weighted by atomic mass is 19.4. The molecule has 0 saturated heterocycles. The van der Waals surface area contributed by atoms with Gasteiger partial charge in [-0.25, -0.2) is 9.67 Å². The van der Waals surface area contributed by atoms with Gasteiger partial charge in [-0.2, -0.15) is 5.26 Å². The second-order valence-electron chi connectivity index (χ2n) is 8.37. The van der Waals surface area contributed by atoms with E-state index in [0.717, 1.165) is 42.6 Å². The van der Waals surface area contributed by atoms with Gasteiger partial charge in [0.2, 0.25) is 5.89 Å². The van der Waals surface area contributed by atoms with E-state index in [9.17, 15) is 13.2 Å². The van der Waals surface area contributed by atoms with Crippen LogP contribution in [0.25, 0.3) is 12.2 Å². The summed E-state index contributed by atoms with van der Waals surface area (Å²) in [6.45, 7) is 0.220. The predicted octanol–water partition coefficient (Wildman–Crippen LogP) is 6.01. The molecule has 4 aromatic rings. The Kier molecular flexibility index (Phi) is 8.36. The van der Waals surface area contributed by atoms with Gasteiger partial charge in [-0.15, -0.1) is 18.3 Å². The van der Waals surface area contributed by atoms with Gasteiger partial charge in [0.25, 0.3) is 0 Å². The van der Waals surface area contributed by atoms with Crippen LogP contribution < -0.4 is 4.74 Å². The Hall–Kier alpha value is -4.39. The molecule has 2 aromatic carbocycles. The van der Waals surface area contributed by atoms with Crippen LogP contribution in [0.3, 0.4) is 0 Å². The number of halogens is 3. The Morgan fingerprint density at radius 1 is 0.973 bits per heavy atom. The number of benzene rings is 2. The molecular weight excluding hydrogens is 483 g/mol. The second kappa shape index (κ2) is 12.0. The van der Waals surface area contributed by atoms with Crippen molar-refractivity contribution in [3.63, 3.8) is 0 Å². The van der Waals surface area contributed by atoms with Gasteiger partial charge in [0.05, 0.1) is 23.7 Å². The van der Waals surface area contributed by atoms with Crippen molar-refractivity contribution in [1.29, 1.82) is 5.26 Å². The summed E-state index contributed by atoms with van der Waals surface area (Å²) in [7, 11) is 0. The summed E-state index contributed by atoms with van der Waals surface area (Å²) in [6, 6.07) is 16.0. The van der Waals surface area contributed by atoms with Gasteiger partial charge in [-0.1, -0.05) is 41.6 Å². The largest absolute Gasteiger partial charge is 0.573 e. The number of aryl methyl sites for hydroxylation is 2. The molecule has 0 amide bonds. The molecule has 0 aliphatic heterocycles. The van der Waals surface area contributed by atoms with E-state index >= 15 is 0 Å². The van der Waals surface area contributed by atoms with Gasteiger partial charge >= 0.3 is 6.36 Å². The van der Waals surface area contributed by atoms with Crippen LogP contribution in [0.1, 0.15) is 46.8 Å². The van der Waals surface area contributed by atoms with Gasteiger partial charge in [-0.05, 0) is 60.6 Å².